The molecule has 3 aromatic rings. The predicted molar refractivity (Wildman–Crippen MR) is 111 cm³/mol. The molecule has 6 rings (SSSR count). The van der Waals surface area contributed by atoms with Gasteiger partial charge in [0.25, 0.3) is 0 Å². The summed E-state index contributed by atoms with van der Waals surface area (Å²) in [6, 6.07) is 10.3. The molecule has 0 spiro atoms. The molecule has 0 saturated carbocycles. The van der Waals surface area contributed by atoms with Crippen LogP contribution in [0, 0.1) is 11.8 Å². The molecule has 1 unspecified atom stereocenters. The molecule has 3 aliphatic rings. The van der Waals surface area contributed by atoms with E-state index in [4.69, 9.17) is 0 Å². The number of pyridine rings is 1. The highest BCUT2D eigenvalue weighted by atomic mass is 32.1. The van der Waals surface area contributed by atoms with Crippen molar-refractivity contribution < 1.29 is 4.79 Å². The van der Waals surface area contributed by atoms with Gasteiger partial charge in [-0.1, -0.05) is 17.3 Å². The van der Waals surface area contributed by atoms with Gasteiger partial charge in [-0.2, -0.15) is 0 Å². The van der Waals surface area contributed by atoms with E-state index in [9.17, 15) is 4.79 Å². The van der Waals surface area contributed by atoms with Crippen molar-refractivity contribution in [3.8, 4) is 11.4 Å². The molecule has 7 nitrogen and oxygen atoms in total. The zero-order valence-electron chi connectivity index (χ0n) is 16.1. The third kappa shape index (κ3) is 3.95. The van der Waals surface area contributed by atoms with Crippen molar-refractivity contribution in [3.63, 3.8) is 0 Å². The Labute approximate surface area is 173 Å². The normalized spacial score (nSPS) is 25.8. The highest BCUT2D eigenvalue weighted by Gasteiger charge is 2.43. The summed E-state index contributed by atoms with van der Waals surface area (Å²) in [7, 11) is 0. The lowest BCUT2D eigenvalue weighted by molar-refractivity contribution is -0.133. The van der Waals surface area contributed by atoms with E-state index in [2.05, 4.69) is 31.6 Å². The van der Waals surface area contributed by atoms with E-state index in [0.717, 1.165) is 43.9 Å². The lowest BCUT2D eigenvalue weighted by atomic mass is 9.75. The van der Waals surface area contributed by atoms with E-state index in [1.54, 1.807) is 17.5 Å². The number of nitrogens with zero attached hydrogens (tertiary/aromatic N) is 5. The first kappa shape index (κ1) is 18.4. The van der Waals surface area contributed by atoms with Gasteiger partial charge < -0.3 is 5.32 Å². The van der Waals surface area contributed by atoms with Gasteiger partial charge in [-0.15, -0.1) is 16.4 Å². The summed E-state index contributed by atoms with van der Waals surface area (Å²) >= 11 is 1.68. The van der Waals surface area contributed by atoms with Gasteiger partial charge in [0.15, 0.2) is 0 Å². The standard InChI is InChI=1S/C21H24N6OS/c28-21(23-11-17-4-3-9-29-17)18-13-26-8-6-15(18)10-16(26)12-27-14-20(24-25-27)19-5-1-2-7-22-19/h1-5,7,9,14-16,18H,6,8,10-13H2,(H,23,28)/t15-,16-,18+/m1/s1. The molecule has 0 aromatic carbocycles. The van der Waals surface area contributed by atoms with Crippen LogP contribution in [0.15, 0.2) is 48.1 Å². The maximum atomic E-state index is 12.7. The minimum atomic E-state index is 0.0970. The van der Waals surface area contributed by atoms with Crippen LogP contribution in [-0.2, 0) is 17.9 Å². The first-order valence-corrected chi connectivity index (χ1v) is 11.0. The molecule has 3 saturated heterocycles. The minimum absolute atomic E-state index is 0.0970. The maximum Gasteiger partial charge on any atom is 0.224 e. The third-order valence-corrected chi connectivity index (χ3v) is 6.97. The molecule has 6 heterocycles. The van der Waals surface area contributed by atoms with Gasteiger partial charge in [-0.25, -0.2) is 0 Å². The molecule has 2 bridgehead atoms. The highest BCUT2D eigenvalue weighted by Crippen LogP contribution is 2.37. The van der Waals surface area contributed by atoms with Crippen LogP contribution in [-0.4, -0.2) is 49.9 Å². The Hall–Kier alpha value is -2.58. The Morgan fingerprint density at radius 1 is 1.24 bits per heavy atom. The number of aromatic nitrogens is 4. The van der Waals surface area contributed by atoms with Crippen LogP contribution in [0.4, 0.5) is 0 Å². The fourth-order valence-corrected chi connectivity index (χ4v) is 5.22. The van der Waals surface area contributed by atoms with Gasteiger partial charge in [-0.3, -0.25) is 19.4 Å². The van der Waals surface area contributed by atoms with Crippen LogP contribution in [0.25, 0.3) is 11.4 Å². The van der Waals surface area contributed by atoms with Crippen molar-refractivity contribution in [2.75, 3.05) is 13.1 Å². The Balaban J connectivity index is 1.19. The number of carbonyl (C=O) groups excluding carboxylic acids is 1. The number of piperidine rings is 3. The number of amides is 1. The Morgan fingerprint density at radius 3 is 2.97 bits per heavy atom. The lowest BCUT2D eigenvalue weighted by Gasteiger charge is -2.49. The van der Waals surface area contributed by atoms with Crippen LogP contribution in [0.1, 0.15) is 17.7 Å². The summed E-state index contributed by atoms with van der Waals surface area (Å²) in [5, 5.41) is 13.8. The molecule has 3 aromatic heterocycles. The van der Waals surface area contributed by atoms with Crippen LogP contribution in [0.5, 0.6) is 0 Å². The molecule has 1 N–H and O–H groups in total. The fourth-order valence-electron chi connectivity index (χ4n) is 4.58. The number of hydrogen-bond acceptors (Lipinski definition) is 6. The summed E-state index contributed by atoms with van der Waals surface area (Å²) in [5.74, 6) is 0.747. The molecule has 0 radical (unpaired) electrons. The SMILES string of the molecule is O=C(NCc1cccs1)[C@H]1CN2CC[C@@H]1C[C@@H]2Cn1cc(-c2ccccn2)nn1. The number of fused-ring (bicyclic) bond motifs is 3. The largest absolute Gasteiger partial charge is 0.351 e. The average molecular weight is 409 g/mol. The monoisotopic (exact) mass is 408 g/mol. The second-order valence-corrected chi connectivity index (χ2v) is 8.91. The molecule has 1 amide bonds. The Bertz CT molecular complexity index is 957. The predicted octanol–water partition coefficient (Wildman–Crippen LogP) is 2.43. The van der Waals surface area contributed by atoms with Crippen molar-refractivity contribution in [1.82, 2.24) is 30.2 Å². The van der Waals surface area contributed by atoms with Crippen LogP contribution in [0.2, 0.25) is 0 Å². The zero-order chi connectivity index (χ0) is 19.6. The summed E-state index contributed by atoms with van der Waals surface area (Å²) in [6.45, 7) is 3.34. The third-order valence-electron chi connectivity index (χ3n) is 6.10. The first-order valence-electron chi connectivity index (χ1n) is 10.1. The number of thiophene rings is 1. The van der Waals surface area contributed by atoms with E-state index < -0.39 is 0 Å². The smallest absolute Gasteiger partial charge is 0.224 e. The lowest BCUT2D eigenvalue weighted by Crippen LogP contribution is -2.57. The topological polar surface area (TPSA) is 75.9 Å². The Kier molecular flexibility index (Phi) is 5.12. The van der Waals surface area contributed by atoms with Gasteiger partial charge in [0.05, 0.1) is 30.9 Å². The fraction of sp³-hybridized carbons (Fsp3) is 0.429. The van der Waals surface area contributed by atoms with E-state index in [0.29, 0.717) is 18.5 Å². The number of nitrogens with one attached hydrogen (secondary N) is 1. The van der Waals surface area contributed by atoms with E-state index >= 15 is 0 Å². The molecule has 3 aliphatic heterocycles. The highest BCUT2D eigenvalue weighted by molar-refractivity contribution is 7.09. The summed E-state index contributed by atoms with van der Waals surface area (Å²) < 4.78 is 1.92. The van der Waals surface area contributed by atoms with Crippen molar-refractivity contribution in [3.05, 3.63) is 53.0 Å². The van der Waals surface area contributed by atoms with Gasteiger partial charge in [0.2, 0.25) is 5.91 Å². The minimum Gasteiger partial charge on any atom is -0.351 e. The van der Waals surface area contributed by atoms with Gasteiger partial charge in [0.1, 0.15) is 5.69 Å². The summed E-state index contributed by atoms with van der Waals surface area (Å²) in [6.07, 6.45) is 5.88. The molecule has 29 heavy (non-hydrogen) atoms. The molecular formula is C21H24N6OS. The summed E-state index contributed by atoms with van der Waals surface area (Å²) in [5.41, 5.74) is 1.64. The quantitative estimate of drug-likeness (QED) is 0.678. The zero-order valence-corrected chi connectivity index (χ0v) is 17.0. The summed E-state index contributed by atoms with van der Waals surface area (Å²) in [4.78, 5) is 20.7. The van der Waals surface area contributed by atoms with Gasteiger partial charge in [0, 0.05) is 23.7 Å². The average Bonchev–Trinajstić information content (AvgIpc) is 3.45. The number of hydrogen-bond donors (Lipinski definition) is 1. The number of carbonyl (C=O) groups is 1. The van der Waals surface area contributed by atoms with Gasteiger partial charge >= 0.3 is 0 Å². The number of rotatable bonds is 6. The first-order chi connectivity index (χ1) is 14.3. The molecule has 0 aliphatic carbocycles. The van der Waals surface area contributed by atoms with E-state index in [-0.39, 0.29) is 11.8 Å². The molecular weight excluding hydrogens is 384 g/mol. The maximum absolute atomic E-state index is 12.7. The molecule has 4 atom stereocenters. The van der Waals surface area contributed by atoms with Crippen molar-refractivity contribution in [1.29, 1.82) is 0 Å². The van der Waals surface area contributed by atoms with Gasteiger partial charge in [-0.05, 0) is 48.9 Å². The second kappa shape index (κ2) is 8.04. The van der Waals surface area contributed by atoms with Crippen molar-refractivity contribution in [2.24, 2.45) is 11.8 Å². The second-order valence-electron chi connectivity index (χ2n) is 7.88. The van der Waals surface area contributed by atoms with Crippen molar-refractivity contribution >= 4 is 17.2 Å². The molecule has 150 valence electrons. The van der Waals surface area contributed by atoms with E-state index in [1.807, 2.05) is 40.5 Å². The molecule has 3 fully saturated rings. The Morgan fingerprint density at radius 2 is 2.21 bits per heavy atom. The molecule has 8 heteroatoms. The van der Waals surface area contributed by atoms with Crippen molar-refractivity contribution in [2.45, 2.75) is 32.0 Å². The van der Waals surface area contributed by atoms with Crippen LogP contribution in [0.3, 0.4) is 0 Å². The van der Waals surface area contributed by atoms with Crippen LogP contribution >= 0.6 is 11.3 Å². The van der Waals surface area contributed by atoms with Crippen LogP contribution < -0.4 is 5.32 Å². The van der Waals surface area contributed by atoms with E-state index in [1.165, 1.54) is 4.88 Å².